The monoisotopic (exact) mass is 268 g/mol. The number of thiazole rings is 1. The van der Waals surface area contributed by atoms with Crippen molar-refractivity contribution in [2.24, 2.45) is 5.92 Å². The molecule has 0 saturated heterocycles. The van der Waals surface area contributed by atoms with Crippen LogP contribution in [-0.2, 0) is 6.54 Å². The third-order valence-electron chi connectivity index (χ3n) is 3.75. The predicted molar refractivity (Wildman–Crippen MR) is 75.9 cm³/mol. The summed E-state index contributed by atoms with van der Waals surface area (Å²) >= 11 is 1.75. The molecule has 1 heterocycles. The number of hydrogen-bond acceptors (Lipinski definition) is 4. The molecule has 1 aliphatic carbocycles. The zero-order valence-electron chi connectivity index (χ0n) is 11.4. The van der Waals surface area contributed by atoms with E-state index in [1.165, 1.54) is 24.3 Å². The number of aliphatic hydroxyl groups excluding tert-OH is 1. The molecule has 1 aromatic rings. The second kappa shape index (κ2) is 6.64. The molecule has 3 nitrogen and oxygen atoms in total. The highest BCUT2D eigenvalue weighted by Crippen LogP contribution is 2.24. The molecule has 0 aliphatic heterocycles. The molecule has 1 fully saturated rings. The van der Waals surface area contributed by atoms with E-state index in [-0.39, 0.29) is 0 Å². The Morgan fingerprint density at radius 1 is 1.44 bits per heavy atom. The average Bonchev–Trinajstić information content (AvgIpc) is 2.85. The predicted octanol–water partition coefficient (Wildman–Crippen LogP) is 2.91. The van der Waals surface area contributed by atoms with Gasteiger partial charge in [0.2, 0.25) is 0 Å². The van der Waals surface area contributed by atoms with E-state index in [0.29, 0.717) is 24.5 Å². The lowest BCUT2D eigenvalue weighted by Crippen LogP contribution is -2.39. The fraction of sp³-hybridized carbons (Fsp3) is 0.786. The van der Waals surface area contributed by atoms with E-state index in [9.17, 15) is 5.11 Å². The van der Waals surface area contributed by atoms with Crippen molar-refractivity contribution in [3.8, 4) is 0 Å². The van der Waals surface area contributed by atoms with Gasteiger partial charge < -0.3 is 10.4 Å². The summed E-state index contributed by atoms with van der Waals surface area (Å²) in [5.41, 5.74) is 1.14. The molecular weight excluding hydrogens is 244 g/mol. The van der Waals surface area contributed by atoms with Gasteiger partial charge >= 0.3 is 0 Å². The van der Waals surface area contributed by atoms with Crippen molar-refractivity contribution in [3.05, 3.63) is 16.1 Å². The third-order valence-corrected chi connectivity index (χ3v) is 4.95. The Morgan fingerprint density at radius 3 is 2.89 bits per heavy atom. The maximum atomic E-state index is 9.38. The Morgan fingerprint density at radius 2 is 2.22 bits per heavy atom. The molecule has 0 bridgehead atoms. The van der Waals surface area contributed by atoms with Gasteiger partial charge in [0.15, 0.2) is 0 Å². The Kier molecular flexibility index (Phi) is 5.15. The summed E-state index contributed by atoms with van der Waals surface area (Å²) in [6.07, 6.45) is 4.88. The first-order valence-electron chi connectivity index (χ1n) is 6.99. The van der Waals surface area contributed by atoms with Crippen LogP contribution in [0, 0.1) is 5.92 Å². The summed E-state index contributed by atoms with van der Waals surface area (Å²) in [6.45, 7) is 5.51. The largest absolute Gasteiger partial charge is 0.396 e. The van der Waals surface area contributed by atoms with Crippen LogP contribution < -0.4 is 5.32 Å². The van der Waals surface area contributed by atoms with Gasteiger partial charge in [0.05, 0.1) is 10.7 Å². The fourth-order valence-electron chi connectivity index (χ4n) is 2.60. The number of aromatic nitrogens is 1. The van der Waals surface area contributed by atoms with Gasteiger partial charge in [-0.2, -0.15) is 0 Å². The van der Waals surface area contributed by atoms with Crippen LogP contribution in [0.25, 0.3) is 0 Å². The smallest absolute Gasteiger partial charge is 0.0954 e. The number of hydrogen-bond donors (Lipinski definition) is 2. The Balaban J connectivity index is 1.85. The van der Waals surface area contributed by atoms with Gasteiger partial charge in [-0.25, -0.2) is 4.98 Å². The van der Waals surface area contributed by atoms with Crippen molar-refractivity contribution < 1.29 is 5.11 Å². The third kappa shape index (κ3) is 3.53. The van der Waals surface area contributed by atoms with Crippen LogP contribution in [0.3, 0.4) is 0 Å². The van der Waals surface area contributed by atoms with Gasteiger partial charge in [0.1, 0.15) is 0 Å². The number of nitrogens with one attached hydrogen (secondary N) is 1. The maximum Gasteiger partial charge on any atom is 0.0954 e. The normalized spacial score (nSPS) is 24.7. The fourth-order valence-corrected chi connectivity index (χ4v) is 3.43. The van der Waals surface area contributed by atoms with E-state index in [4.69, 9.17) is 0 Å². The van der Waals surface area contributed by atoms with Crippen LogP contribution in [0.15, 0.2) is 5.38 Å². The van der Waals surface area contributed by atoms with Crippen LogP contribution in [0.1, 0.15) is 56.2 Å². The van der Waals surface area contributed by atoms with Crippen LogP contribution >= 0.6 is 11.3 Å². The van der Waals surface area contributed by atoms with Crippen LogP contribution in [0.4, 0.5) is 0 Å². The van der Waals surface area contributed by atoms with Crippen molar-refractivity contribution in [1.82, 2.24) is 10.3 Å². The van der Waals surface area contributed by atoms with Gasteiger partial charge in [0.25, 0.3) is 0 Å². The number of nitrogens with zero attached hydrogens (tertiary/aromatic N) is 1. The van der Waals surface area contributed by atoms with E-state index < -0.39 is 0 Å². The van der Waals surface area contributed by atoms with Crippen LogP contribution in [-0.4, -0.2) is 22.7 Å². The quantitative estimate of drug-likeness (QED) is 0.863. The van der Waals surface area contributed by atoms with Crippen molar-refractivity contribution in [3.63, 3.8) is 0 Å². The highest BCUT2D eigenvalue weighted by Gasteiger charge is 2.23. The van der Waals surface area contributed by atoms with Gasteiger partial charge in [-0.3, -0.25) is 0 Å². The SMILES string of the molecule is CC(C)c1nc(CNC2CCCCC2CO)cs1. The molecular formula is C14H24N2OS. The lowest BCUT2D eigenvalue weighted by Gasteiger charge is -2.30. The summed E-state index contributed by atoms with van der Waals surface area (Å²) in [5, 5.41) is 16.3. The standard InChI is InChI=1S/C14H24N2OS/c1-10(2)14-16-12(9-18-14)7-15-13-6-4-3-5-11(13)8-17/h9-11,13,15,17H,3-8H2,1-2H3. The molecule has 18 heavy (non-hydrogen) atoms. The molecule has 1 saturated carbocycles. The Hall–Kier alpha value is -0.450. The van der Waals surface area contributed by atoms with Crippen LogP contribution in [0.2, 0.25) is 0 Å². The van der Waals surface area contributed by atoms with Gasteiger partial charge in [-0.15, -0.1) is 11.3 Å². The van der Waals surface area contributed by atoms with Crippen LogP contribution in [0.5, 0.6) is 0 Å². The number of rotatable bonds is 5. The summed E-state index contributed by atoms with van der Waals surface area (Å²) in [6, 6.07) is 0.466. The second-order valence-corrected chi connectivity index (χ2v) is 6.44. The van der Waals surface area contributed by atoms with Crippen molar-refractivity contribution in [2.75, 3.05) is 6.61 Å². The van der Waals surface area contributed by atoms with Crippen molar-refractivity contribution >= 4 is 11.3 Å². The Bertz CT molecular complexity index is 364. The first-order chi connectivity index (χ1) is 8.70. The molecule has 2 atom stereocenters. The first kappa shape index (κ1) is 14.0. The molecule has 2 N–H and O–H groups in total. The highest BCUT2D eigenvalue weighted by atomic mass is 32.1. The summed E-state index contributed by atoms with van der Waals surface area (Å²) in [7, 11) is 0. The summed E-state index contributed by atoms with van der Waals surface area (Å²) in [4.78, 5) is 4.64. The van der Waals surface area contributed by atoms with Crippen molar-refractivity contribution in [1.29, 1.82) is 0 Å². The van der Waals surface area contributed by atoms with Gasteiger partial charge in [0, 0.05) is 30.5 Å². The molecule has 4 heteroatoms. The lowest BCUT2D eigenvalue weighted by atomic mass is 9.85. The molecule has 0 radical (unpaired) electrons. The van der Waals surface area contributed by atoms with Gasteiger partial charge in [-0.1, -0.05) is 26.7 Å². The molecule has 2 rings (SSSR count). The minimum Gasteiger partial charge on any atom is -0.396 e. The average molecular weight is 268 g/mol. The van der Waals surface area contributed by atoms with E-state index in [1.54, 1.807) is 11.3 Å². The Labute approximate surface area is 114 Å². The minimum atomic E-state index is 0.311. The number of aliphatic hydroxyl groups is 1. The van der Waals surface area contributed by atoms with Gasteiger partial charge in [-0.05, 0) is 18.8 Å². The van der Waals surface area contributed by atoms with E-state index in [2.05, 4.69) is 29.5 Å². The van der Waals surface area contributed by atoms with E-state index >= 15 is 0 Å². The van der Waals surface area contributed by atoms with Crippen molar-refractivity contribution in [2.45, 2.75) is 58.0 Å². The zero-order valence-corrected chi connectivity index (χ0v) is 12.2. The molecule has 102 valence electrons. The molecule has 1 aromatic heterocycles. The second-order valence-electron chi connectivity index (χ2n) is 5.55. The van der Waals surface area contributed by atoms with E-state index in [1.807, 2.05) is 0 Å². The topological polar surface area (TPSA) is 45.2 Å². The van der Waals surface area contributed by atoms with E-state index in [0.717, 1.165) is 18.7 Å². The maximum absolute atomic E-state index is 9.38. The molecule has 0 spiro atoms. The summed E-state index contributed by atoms with van der Waals surface area (Å²) < 4.78 is 0. The molecule has 1 aliphatic rings. The highest BCUT2D eigenvalue weighted by molar-refractivity contribution is 7.09. The first-order valence-corrected chi connectivity index (χ1v) is 7.87. The molecule has 0 amide bonds. The zero-order chi connectivity index (χ0) is 13.0. The lowest BCUT2D eigenvalue weighted by molar-refractivity contribution is 0.152. The summed E-state index contributed by atoms with van der Waals surface area (Å²) in [5.74, 6) is 0.950. The molecule has 2 unspecified atom stereocenters. The molecule has 0 aromatic carbocycles. The minimum absolute atomic E-state index is 0.311.